The number of hydrogen-bond donors (Lipinski definition) is 3. The van der Waals surface area contributed by atoms with Gasteiger partial charge in [0.1, 0.15) is 0 Å². The Morgan fingerprint density at radius 2 is 1.64 bits per heavy atom. The average Bonchev–Trinajstić information content (AvgIpc) is 3.67. The molecule has 7 heteroatoms. The van der Waals surface area contributed by atoms with Gasteiger partial charge in [-0.2, -0.15) is 0 Å². The van der Waals surface area contributed by atoms with Crippen molar-refractivity contribution in [2.45, 2.75) is 31.1 Å². The summed E-state index contributed by atoms with van der Waals surface area (Å²) < 4.78 is 0. The summed E-state index contributed by atoms with van der Waals surface area (Å²) in [4.78, 5) is 15.4. The third-order valence-electron chi connectivity index (χ3n) is 7.45. The molecule has 1 heterocycles. The molecule has 0 radical (unpaired) electrons. The van der Waals surface area contributed by atoms with Crippen LogP contribution in [0.4, 0.5) is 16.2 Å². The maximum absolute atomic E-state index is 12.8. The highest BCUT2D eigenvalue weighted by molar-refractivity contribution is 6.35. The standard InChI is InChI=1S/C29H32Cl2N4O/c30-24-15-25(31)17-27(16-24)34-28(36)33-19-29(10-12-35(13-11-29)18-20-4-5-20)23-8-6-21(7-9-23)22-2-1-3-26(32)14-22/h1-3,6-9,14-17,20H,4-5,10-13,18-19,32H2,(H2,33,34,36). The maximum atomic E-state index is 12.8. The van der Waals surface area contributed by atoms with E-state index in [4.69, 9.17) is 28.9 Å². The van der Waals surface area contributed by atoms with Crippen LogP contribution < -0.4 is 16.4 Å². The van der Waals surface area contributed by atoms with Crippen LogP contribution in [0.3, 0.4) is 0 Å². The smallest absolute Gasteiger partial charge is 0.319 e. The Bertz CT molecular complexity index is 1200. The second kappa shape index (κ2) is 10.7. The highest BCUT2D eigenvalue weighted by Gasteiger charge is 2.38. The number of urea groups is 1. The number of nitrogens with zero attached hydrogens (tertiary/aromatic N) is 1. The zero-order valence-corrected chi connectivity index (χ0v) is 21.8. The van der Waals surface area contributed by atoms with Crippen molar-refractivity contribution in [1.29, 1.82) is 0 Å². The van der Waals surface area contributed by atoms with Crippen LogP contribution in [0.15, 0.2) is 66.7 Å². The molecular formula is C29H32Cl2N4O. The summed E-state index contributed by atoms with van der Waals surface area (Å²) in [5, 5.41) is 6.97. The van der Waals surface area contributed by atoms with Crippen LogP contribution in [0.1, 0.15) is 31.2 Å². The molecule has 0 atom stereocenters. The molecule has 0 bridgehead atoms. The van der Waals surface area contributed by atoms with Gasteiger partial charge in [-0.3, -0.25) is 0 Å². The number of halogens is 2. The van der Waals surface area contributed by atoms with Crippen molar-refractivity contribution in [3.05, 3.63) is 82.3 Å². The molecule has 2 aliphatic rings. The lowest BCUT2D eigenvalue weighted by atomic mass is 9.72. The molecule has 4 N–H and O–H groups in total. The van der Waals surface area contributed by atoms with E-state index in [1.54, 1.807) is 18.2 Å². The van der Waals surface area contributed by atoms with Gasteiger partial charge in [0.05, 0.1) is 0 Å². The summed E-state index contributed by atoms with van der Waals surface area (Å²) in [6.45, 7) is 3.84. The molecule has 5 rings (SSSR count). The minimum absolute atomic E-state index is 0.127. The number of carbonyl (C=O) groups is 1. The van der Waals surface area contributed by atoms with Gasteiger partial charge < -0.3 is 21.3 Å². The van der Waals surface area contributed by atoms with E-state index in [9.17, 15) is 4.79 Å². The number of piperidine rings is 1. The van der Waals surface area contributed by atoms with E-state index in [1.807, 2.05) is 18.2 Å². The topological polar surface area (TPSA) is 70.4 Å². The van der Waals surface area contributed by atoms with E-state index >= 15 is 0 Å². The zero-order chi connectivity index (χ0) is 25.1. The van der Waals surface area contributed by atoms with Crippen molar-refractivity contribution in [3.63, 3.8) is 0 Å². The van der Waals surface area contributed by atoms with Crippen LogP contribution in [0.5, 0.6) is 0 Å². The van der Waals surface area contributed by atoms with Gasteiger partial charge in [-0.05, 0) is 91.7 Å². The number of amides is 2. The van der Waals surface area contributed by atoms with Crippen molar-refractivity contribution in [1.82, 2.24) is 10.2 Å². The van der Waals surface area contributed by atoms with E-state index in [-0.39, 0.29) is 11.4 Å². The van der Waals surface area contributed by atoms with Gasteiger partial charge in [0, 0.05) is 39.9 Å². The summed E-state index contributed by atoms with van der Waals surface area (Å²) >= 11 is 12.2. The molecule has 1 saturated heterocycles. The van der Waals surface area contributed by atoms with Gasteiger partial charge in [-0.15, -0.1) is 0 Å². The SMILES string of the molecule is Nc1cccc(-c2ccc(C3(CNC(=O)Nc4cc(Cl)cc(Cl)c4)CCN(CC4CC4)CC3)cc2)c1. The van der Waals surface area contributed by atoms with Crippen LogP contribution in [-0.4, -0.2) is 37.1 Å². The molecule has 0 aromatic heterocycles. The predicted molar refractivity (Wildman–Crippen MR) is 150 cm³/mol. The lowest BCUT2D eigenvalue weighted by Gasteiger charge is -2.42. The highest BCUT2D eigenvalue weighted by Crippen LogP contribution is 2.38. The van der Waals surface area contributed by atoms with Crippen LogP contribution >= 0.6 is 23.2 Å². The molecule has 3 aromatic rings. The number of nitrogen functional groups attached to an aromatic ring is 1. The number of carbonyl (C=O) groups excluding carboxylic acids is 1. The molecule has 3 aromatic carbocycles. The molecule has 1 aliphatic heterocycles. The van der Waals surface area contributed by atoms with E-state index in [0.717, 1.165) is 48.7 Å². The fraction of sp³-hybridized carbons (Fsp3) is 0.345. The molecule has 1 aliphatic carbocycles. The molecule has 0 unspecified atom stereocenters. The first kappa shape index (κ1) is 24.9. The van der Waals surface area contributed by atoms with E-state index < -0.39 is 0 Å². The fourth-order valence-corrected chi connectivity index (χ4v) is 5.71. The molecule has 2 amide bonds. The number of likely N-dealkylation sites (tertiary alicyclic amines) is 1. The molecule has 188 valence electrons. The third-order valence-corrected chi connectivity index (χ3v) is 7.89. The number of nitrogens with two attached hydrogens (primary N) is 1. The van der Waals surface area contributed by atoms with Crippen LogP contribution in [0, 0.1) is 5.92 Å². The van der Waals surface area contributed by atoms with Crippen molar-refractivity contribution in [2.24, 2.45) is 5.92 Å². The monoisotopic (exact) mass is 522 g/mol. The largest absolute Gasteiger partial charge is 0.399 e. The predicted octanol–water partition coefficient (Wildman–Crippen LogP) is 6.81. The van der Waals surface area contributed by atoms with Gasteiger partial charge in [0.2, 0.25) is 0 Å². The summed E-state index contributed by atoms with van der Waals surface area (Å²) in [6.07, 6.45) is 4.73. The first-order valence-corrected chi connectivity index (χ1v) is 13.3. The van der Waals surface area contributed by atoms with Crippen LogP contribution in [0.25, 0.3) is 11.1 Å². The quantitative estimate of drug-likeness (QED) is 0.298. The molecule has 1 saturated carbocycles. The summed E-state index contributed by atoms with van der Waals surface area (Å²) in [7, 11) is 0. The van der Waals surface area contributed by atoms with Crippen LogP contribution in [0.2, 0.25) is 10.0 Å². The zero-order valence-electron chi connectivity index (χ0n) is 20.3. The molecule has 36 heavy (non-hydrogen) atoms. The number of benzene rings is 3. The third kappa shape index (κ3) is 6.15. The second-order valence-electron chi connectivity index (χ2n) is 10.2. The Labute approximate surface area is 223 Å². The van der Waals surface area contributed by atoms with E-state index in [2.05, 4.69) is 45.9 Å². The minimum Gasteiger partial charge on any atom is -0.399 e. The van der Waals surface area contributed by atoms with Crippen LogP contribution in [-0.2, 0) is 5.41 Å². The molecule has 5 nitrogen and oxygen atoms in total. The number of rotatable bonds is 7. The van der Waals surface area contributed by atoms with Crippen molar-refractivity contribution in [3.8, 4) is 11.1 Å². The van der Waals surface area contributed by atoms with Gasteiger partial charge in [-0.25, -0.2) is 4.79 Å². The molecular weight excluding hydrogens is 491 g/mol. The summed E-state index contributed by atoms with van der Waals surface area (Å²) in [6, 6.07) is 21.5. The number of anilines is 2. The summed E-state index contributed by atoms with van der Waals surface area (Å²) in [5.74, 6) is 0.878. The maximum Gasteiger partial charge on any atom is 0.319 e. The Hall–Kier alpha value is -2.73. The van der Waals surface area contributed by atoms with E-state index in [0.29, 0.717) is 22.3 Å². The first-order chi connectivity index (χ1) is 17.4. The number of hydrogen-bond acceptors (Lipinski definition) is 3. The van der Waals surface area contributed by atoms with Gasteiger partial charge in [0.15, 0.2) is 0 Å². The summed E-state index contributed by atoms with van der Waals surface area (Å²) in [5.41, 5.74) is 10.7. The van der Waals surface area contributed by atoms with Crippen molar-refractivity contribution >= 4 is 40.6 Å². The normalized spacial score (nSPS) is 17.5. The Kier molecular flexibility index (Phi) is 7.42. The average molecular weight is 524 g/mol. The van der Waals surface area contributed by atoms with Gasteiger partial charge >= 0.3 is 6.03 Å². The van der Waals surface area contributed by atoms with Crippen molar-refractivity contribution in [2.75, 3.05) is 37.2 Å². The number of nitrogens with one attached hydrogen (secondary N) is 2. The van der Waals surface area contributed by atoms with Gasteiger partial charge in [0.25, 0.3) is 0 Å². The van der Waals surface area contributed by atoms with Gasteiger partial charge in [-0.1, -0.05) is 59.6 Å². The fourth-order valence-electron chi connectivity index (χ4n) is 5.18. The van der Waals surface area contributed by atoms with E-state index in [1.165, 1.54) is 24.9 Å². The lowest BCUT2D eigenvalue weighted by molar-refractivity contribution is 0.152. The lowest BCUT2D eigenvalue weighted by Crippen LogP contribution is -2.50. The molecule has 2 fully saturated rings. The highest BCUT2D eigenvalue weighted by atomic mass is 35.5. The Morgan fingerprint density at radius 1 is 0.944 bits per heavy atom. The Balaban J connectivity index is 1.32. The first-order valence-electron chi connectivity index (χ1n) is 12.6. The Morgan fingerprint density at radius 3 is 2.28 bits per heavy atom. The minimum atomic E-state index is -0.260. The second-order valence-corrected chi connectivity index (χ2v) is 11.1. The van der Waals surface area contributed by atoms with Crippen molar-refractivity contribution < 1.29 is 4.79 Å². The molecule has 0 spiro atoms.